The summed E-state index contributed by atoms with van der Waals surface area (Å²) in [5.41, 5.74) is 0.877. The molecule has 0 amide bonds. The van der Waals surface area contributed by atoms with Crippen LogP contribution in [0.3, 0.4) is 0 Å². The largest absolute Gasteiger partial charge is 0.497 e. The molecule has 0 atom stereocenters. The highest BCUT2D eigenvalue weighted by atomic mass is 16.5. The Morgan fingerprint density at radius 2 is 1.80 bits per heavy atom. The van der Waals surface area contributed by atoms with Crippen molar-refractivity contribution in [3.05, 3.63) is 29.8 Å². The second kappa shape index (κ2) is 8.96. The Morgan fingerprint density at radius 1 is 1.10 bits per heavy atom. The first-order valence-corrected chi connectivity index (χ1v) is 6.62. The fraction of sp³-hybridized carbons (Fsp3) is 0.467. The van der Waals surface area contributed by atoms with Crippen LogP contribution < -0.4 is 4.74 Å². The summed E-state index contributed by atoms with van der Waals surface area (Å²) in [6, 6.07) is 7.25. The van der Waals surface area contributed by atoms with E-state index in [1.165, 1.54) is 0 Å². The van der Waals surface area contributed by atoms with E-state index >= 15 is 0 Å². The normalized spacial score (nSPS) is 10.1. The third-order valence-electron chi connectivity index (χ3n) is 2.81. The zero-order valence-electron chi connectivity index (χ0n) is 11.6. The SMILES string of the molecule is COc1ccc(CC(=O)OCCCCCC(=O)O)cc1. The molecule has 1 aromatic rings. The number of rotatable bonds is 9. The number of hydrogen-bond donors (Lipinski definition) is 1. The molecular formula is C15H20O5. The van der Waals surface area contributed by atoms with Gasteiger partial charge in [0.15, 0.2) is 0 Å². The molecule has 1 rings (SSSR count). The van der Waals surface area contributed by atoms with Crippen molar-refractivity contribution in [1.29, 1.82) is 0 Å². The third kappa shape index (κ3) is 6.78. The molecule has 0 aliphatic rings. The van der Waals surface area contributed by atoms with Gasteiger partial charge in [-0.25, -0.2) is 0 Å². The van der Waals surface area contributed by atoms with E-state index in [4.69, 9.17) is 14.6 Å². The van der Waals surface area contributed by atoms with Crippen molar-refractivity contribution in [1.82, 2.24) is 0 Å². The highest BCUT2D eigenvalue weighted by Crippen LogP contribution is 2.12. The predicted molar refractivity (Wildman–Crippen MR) is 73.8 cm³/mol. The Hall–Kier alpha value is -2.04. The molecular weight excluding hydrogens is 260 g/mol. The van der Waals surface area contributed by atoms with Crippen molar-refractivity contribution < 1.29 is 24.2 Å². The molecule has 0 fully saturated rings. The smallest absolute Gasteiger partial charge is 0.310 e. The number of carboxylic acids is 1. The van der Waals surface area contributed by atoms with E-state index in [-0.39, 0.29) is 18.8 Å². The van der Waals surface area contributed by atoms with Crippen LogP contribution in [-0.4, -0.2) is 30.8 Å². The van der Waals surface area contributed by atoms with Gasteiger partial charge in [-0.2, -0.15) is 0 Å². The van der Waals surface area contributed by atoms with Crippen LogP contribution in [0.1, 0.15) is 31.2 Å². The van der Waals surface area contributed by atoms with E-state index in [1.807, 2.05) is 12.1 Å². The number of ether oxygens (including phenoxy) is 2. The minimum absolute atomic E-state index is 0.166. The van der Waals surface area contributed by atoms with Gasteiger partial charge in [0.05, 0.1) is 20.1 Å². The summed E-state index contributed by atoms with van der Waals surface area (Å²) in [6.07, 6.45) is 2.47. The maximum Gasteiger partial charge on any atom is 0.310 e. The number of esters is 1. The Morgan fingerprint density at radius 3 is 2.40 bits per heavy atom. The molecule has 20 heavy (non-hydrogen) atoms. The molecule has 0 radical (unpaired) electrons. The van der Waals surface area contributed by atoms with Gasteiger partial charge < -0.3 is 14.6 Å². The van der Waals surface area contributed by atoms with Crippen LogP contribution in [0.5, 0.6) is 5.75 Å². The molecule has 0 aliphatic heterocycles. The number of hydrogen-bond acceptors (Lipinski definition) is 4. The van der Waals surface area contributed by atoms with E-state index < -0.39 is 5.97 Å². The molecule has 5 heteroatoms. The summed E-state index contributed by atoms with van der Waals surface area (Å²) in [7, 11) is 1.59. The van der Waals surface area contributed by atoms with Crippen molar-refractivity contribution in [2.24, 2.45) is 0 Å². The minimum atomic E-state index is -0.790. The quantitative estimate of drug-likeness (QED) is 0.555. The summed E-state index contributed by atoms with van der Waals surface area (Å²) < 4.78 is 10.1. The van der Waals surface area contributed by atoms with Crippen molar-refractivity contribution >= 4 is 11.9 Å². The lowest BCUT2D eigenvalue weighted by Gasteiger charge is -2.05. The molecule has 5 nitrogen and oxygen atoms in total. The number of carboxylic acid groups (broad SMARTS) is 1. The number of carbonyl (C=O) groups excluding carboxylic acids is 1. The molecule has 1 N–H and O–H groups in total. The molecule has 0 unspecified atom stereocenters. The Bertz CT molecular complexity index is 424. The second-order valence-electron chi connectivity index (χ2n) is 4.45. The molecule has 0 aromatic heterocycles. The van der Waals surface area contributed by atoms with Gasteiger partial charge in [0, 0.05) is 6.42 Å². The lowest BCUT2D eigenvalue weighted by molar-refractivity contribution is -0.143. The van der Waals surface area contributed by atoms with Crippen LogP contribution in [0.25, 0.3) is 0 Å². The standard InChI is InChI=1S/C15H20O5/c1-19-13-8-6-12(7-9-13)11-15(18)20-10-4-2-3-5-14(16)17/h6-9H,2-5,10-11H2,1H3,(H,16,17). The lowest BCUT2D eigenvalue weighted by atomic mass is 10.1. The zero-order valence-corrected chi connectivity index (χ0v) is 11.6. The van der Waals surface area contributed by atoms with E-state index in [2.05, 4.69) is 0 Å². The second-order valence-corrected chi connectivity index (χ2v) is 4.45. The van der Waals surface area contributed by atoms with Crippen LogP contribution in [0.2, 0.25) is 0 Å². The van der Waals surface area contributed by atoms with Crippen molar-refractivity contribution in [3.8, 4) is 5.75 Å². The monoisotopic (exact) mass is 280 g/mol. The van der Waals surface area contributed by atoms with Gasteiger partial charge in [0.2, 0.25) is 0 Å². The fourth-order valence-corrected chi connectivity index (χ4v) is 1.70. The van der Waals surface area contributed by atoms with E-state index in [0.29, 0.717) is 19.4 Å². The average molecular weight is 280 g/mol. The summed E-state index contributed by atoms with van der Waals surface area (Å²) in [6.45, 7) is 0.342. The molecule has 1 aromatic carbocycles. The summed E-state index contributed by atoms with van der Waals surface area (Å²) in [4.78, 5) is 21.9. The van der Waals surface area contributed by atoms with Gasteiger partial charge in [0.25, 0.3) is 0 Å². The fourth-order valence-electron chi connectivity index (χ4n) is 1.70. The van der Waals surface area contributed by atoms with Crippen LogP contribution in [0.15, 0.2) is 24.3 Å². The lowest BCUT2D eigenvalue weighted by Crippen LogP contribution is -2.09. The van der Waals surface area contributed by atoms with Gasteiger partial charge in [-0.05, 0) is 37.0 Å². The molecule has 0 saturated heterocycles. The average Bonchev–Trinajstić information content (AvgIpc) is 2.43. The van der Waals surface area contributed by atoms with E-state index in [1.54, 1.807) is 19.2 Å². The van der Waals surface area contributed by atoms with Crippen molar-refractivity contribution in [2.45, 2.75) is 32.1 Å². The number of unbranched alkanes of at least 4 members (excludes halogenated alkanes) is 2. The van der Waals surface area contributed by atoms with E-state index in [9.17, 15) is 9.59 Å². The Balaban J connectivity index is 2.15. The molecule has 0 aliphatic carbocycles. The highest BCUT2D eigenvalue weighted by Gasteiger charge is 2.05. The van der Waals surface area contributed by atoms with Crippen molar-refractivity contribution in [3.63, 3.8) is 0 Å². The Labute approximate surface area is 118 Å². The van der Waals surface area contributed by atoms with Gasteiger partial charge in [0.1, 0.15) is 5.75 Å². The van der Waals surface area contributed by atoms with Gasteiger partial charge >= 0.3 is 11.9 Å². The first-order chi connectivity index (χ1) is 9.61. The number of carbonyl (C=O) groups is 2. The third-order valence-corrected chi connectivity index (χ3v) is 2.81. The minimum Gasteiger partial charge on any atom is -0.497 e. The van der Waals surface area contributed by atoms with Crippen LogP contribution in [-0.2, 0) is 20.7 Å². The van der Waals surface area contributed by atoms with E-state index in [0.717, 1.165) is 17.7 Å². The molecule has 0 spiro atoms. The number of methoxy groups -OCH3 is 1. The summed E-state index contributed by atoms with van der Waals surface area (Å²) in [5, 5.41) is 8.47. The summed E-state index contributed by atoms with van der Waals surface area (Å²) in [5.74, 6) is -0.310. The topological polar surface area (TPSA) is 72.8 Å². The number of aliphatic carboxylic acids is 1. The van der Waals surface area contributed by atoms with Gasteiger partial charge in [-0.15, -0.1) is 0 Å². The Kier molecular flexibility index (Phi) is 7.17. The molecule has 0 heterocycles. The highest BCUT2D eigenvalue weighted by molar-refractivity contribution is 5.72. The van der Waals surface area contributed by atoms with Crippen LogP contribution in [0.4, 0.5) is 0 Å². The van der Waals surface area contributed by atoms with Crippen molar-refractivity contribution in [2.75, 3.05) is 13.7 Å². The van der Waals surface area contributed by atoms with Crippen LogP contribution >= 0.6 is 0 Å². The first-order valence-electron chi connectivity index (χ1n) is 6.62. The zero-order chi connectivity index (χ0) is 14.8. The maximum absolute atomic E-state index is 11.6. The van der Waals surface area contributed by atoms with Gasteiger partial charge in [-0.1, -0.05) is 12.1 Å². The number of benzene rings is 1. The molecule has 0 bridgehead atoms. The summed E-state index contributed by atoms with van der Waals surface area (Å²) >= 11 is 0. The first kappa shape index (κ1) is 16.0. The maximum atomic E-state index is 11.6. The molecule has 0 saturated carbocycles. The predicted octanol–water partition coefficient (Wildman–Crippen LogP) is 2.43. The van der Waals surface area contributed by atoms with Gasteiger partial charge in [-0.3, -0.25) is 9.59 Å². The molecule has 110 valence electrons. The van der Waals surface area contributed by atoms with Crippen LogP contribution in [0, 0.1) is 0 Å².